The van der Waals surface area contributed by atoms with Gasteiger partial charge >= 0.3 is 0 Å². The Kier molecular flexibility index (Phi) is 6.27. The fourth-order valence-corrected chi connectivity index (χ4v) is 3.66. The summed E-state index contributed by atoms with van der Waals surface area (Å²) in [6, 6.07) is 8.73. The molecular weight excluding hydrogens is 296 g/mol. The first-order chi connectivity index (χ1) is 10.3. The van der Waals surface area contributed by atoms with Crippen LogP contribution in [-0.2, 0) is 17.8 Å². The second kappa shape index (κ2) is 7.98. The van der Waals surface area contributed by atoms with E-state index in [1.165, 1.54) is 30.4 Å². The second-order valence-electron chi connectivity index (χ2n) is 6.54. The summed E-state index contributed by atoms with van der Waals surface area (Å²) in [5, 5.41) is 6.64. The molecule has 0 aromatic heterocycles. The monoisotopic (exact) mass is 322 g/mol. The molecule has 1 amide bonds. The molecule has 122 valence electrons. The summed E-state index contributed by atoms with van der Waals surface area (Å²) in [5.41, 5.74) is 2.64. The van der Waals surface area contributed by atoms with Gasteiger partial charge in [0, 0.05) is 12.6 Å². The van der Waals surface area contributed by atoms with Crippen molar-refractivity contribution in [1.29, 1.82) is 0 Å². The zero-order valence-electron chi connectivity index (χ0n) is 13.3. The first-order valence-corrected chi connectivity index (χ1v) is 8.36. The highest BCUT2D eigenvalue weighted by molar-refractivity contribution is 5.85. The van der Waals surface area contributed by atoms with Crippen LogP contribution in [-0.4, -0.2) is 18.0 Å². The first-order valence-electron chi connectivity index (χ1n) is 8.36. The van der Waals surface area contributed by atoms with Crippen molar-refractivity contribution in [3.8, 4) is 0 Å². The smallest absolute Gasteiger partial charge is 0.237 e. The molecule has 3 rings (SSSR count). The van der Waals surface area contributed by atoms with Crippen LogP contribution >= 0.6 is 12.4 Å². The van der Waals surface area contributed by atoms with E-state index in [0.29, 0.717) is 6.04 Å². The molecule has 22 heavy (non-hydrogen) atoms. The van der Waals surface area contributed by atoms with Gasteiger partial charge in [0.05, 0.1) is 6.04 Å². The standard InChI is InChI=1S/C18H26N2O.ClH/c1-2-13-7-9-16(10-8-13)20-18(21)17-11-14-5-3-4-6-15(14)12-19-17;/h3-6,13,16-17,19H,2,7-12H2,1H3,(H,20,21);1H. The van der Waals surface area contributed by atoms with Crippen LogP contribution < -0.4 is 10.6 Å². The Morgan fingerprint density at radius 1 is 1.18 bits per heavy atom. The van der Waals surface area contributed by atoms with Gasteiger partial charge in [0.15, 0.2) is 0 Å². The predicted octanol–water partition coefficient (Wildman–Crippen LogP) is 3.21. The van der Waals surface area contributed by atoms with Crippen LogP contribution in [0.15, 0.2) is 24.3 Å². The van der Waals surface area contributed by atoms with Crippen LogP contribution in [0, 0.1) is 5.92 Å². The Morgan fingerprint density at radius 2 is 1.86 bits per heavy atom. The quantitative estimate of drug-likeness (QED) is 0.897. The number of carbonyl (C=O) groups excluding carboxylic acids is 1. The summed E-state index contributed by atoms with van der Waals surface area (Å²) >= 11 is 0. The lowest BCUT2D eigenvalue weighted by molar-refractivity contribution is -0.124. The fraction of sp³-hybridized carbons (Fsp3) is 0.611. The predicted molar refractivity (Wildman–Crippen MR) is 92.2 cm³/mol. The average Bonchev–Trinajstić information content (AvgIpc) is 2.55. The number of fused-ring (bicyclic) bond motifs is 1. The van der Waals surface area contributed by atoms with Crippen LogP contribution in [0.5, 0.6) is 0 Å². The lowest BCUT2D eigenvalue weighted by Crippen LogP contribution is -2.51. The van der Waals surface area contributed by atoms with E-state index >= 15 is 0 Å². The van der Waals surface area contributed by atoms with Gasteiger partial charge in [-0.25, -0.2) is 0 Å². The van der Waals surface area contributed by atoms with E-state index in [2.05, 4.69) is 41.8 Å². The fourth-order valence-electron chi connectivity index (χ4n) is 3.66. The molecule has 2 N–H and O–H groups in total. The van der Waals surface area contributed by atoms with Crippen LogP contribution in [0.2, 0.25) is 0 Å². The van der Waals surface area contributed by atoms with Crippen LogP contribution in [0.3, 0.4) is 0 Å². The molecule has 1 aliphatic carbocycles. The molecule has 0 bridgehead atoms. The average molecular weight is 323 g/mol. The van der Waals surface area contributed by atoms with Crippen molar-refractivity contribution in [1.82, 2.24) is 10.6 Å². The molecule has 0 spiro atoms. The highest BCUT2D eigenvalue weighted by Crippen LogP contribution is 2.26. The number of benzene rings is 1. The minimum absolute atomic E-state index is 0. The number of rotatable bonds is 3. The topological polar surface area (TPSA) is 41.1 Å². The molecule has 1 fully saturated rings. The lowest BCUT2D eigenvalue weighted by Gasteiger charge is -2.31. The number of amides is 1. The van der Waals surface area contributed by atoms with Crippen LogP contribution in [0.25, 0.3) is 0 Å². The van der Waals surface area contributed by atoms with Crippen LogP contribution in [0.1, 0.15) is 50.2 Å². The van der Waals surface area contributed by atoms with Crippen molar-refractivity contribution >= 4 is 18.3 Å². The lowest BCUT2D eigenvalue weighted by atomic mass is 9.84. The van der Waals surface area contributed by atoms with Gasteiger partial charge in [0.1, 0.15) is 0 Å². The summed E-state index contributed by atoms with van der Waals surface area (Å²) in [6.45, 7) is 3.07. The Bertz CT molecular complexity index is 498. The molecule has 1 unspecified atom stereocenters. The molecule has 1 atom stereocenters. The number of nitrogens with one attached hydrogen (secondary N) is 2. The largest absolute Gasteiger partial charge is 0.352 e. The molecule has 1 aromatic carbocycles. The molecule has 1 aliphatic heterocycles. The van der Waals surface area contributed by atoms with Crippen molar-refractivity contribution in [2.45, 2.75) is 64.1 Å². The summed E-state index contributed by atoms with van der Waals surface area (Å²) in [6.07, 6.45) is 6.92. The van der Waals surface area contributed by atoms with Gasteiger partial charge in [0.2, 0.25) is 5.91 Å². The maximum absolute atomic E-state index is 12.5. The minimum Gasteiger partial charge on any atom is -0.352 e. The maximum atomic E-state index is 12.5. The van der Waals surface area contributed by atoms with Crippen molar-refractivity contribution in [3.05, 3.63) is 35.4 Å². The van der Waals surface area contributed by atoms with Gasteiger partial charge in [-0.05, 0) is 49.1 Å². The number of hydrogen-bond acceptors (Lipinski definition) is 2. The Balaban J connectivity index is 0.00000176. The summed E-state index contributed by atoms with van der Waals surface area (Å²) < 4.78 is 0. The molecule has 4 heteroatoms. The van der Waals surface area contributed by atoms with E-state index in [0.717, 1.165) is 31.7 Å². The summed E-state index contributed by atoms with van der Waals surface area (Å²) in [4.78, 5) is 12.5. The third kappa shape index (κ3) is 4.02. The normalized spacial score (nSPS) is 27.4. The van der Waals surface area contributed by atoms with E-state index in [1.54, 1.807) is 0 Å². The van der Waals surface area contributed by atoms with Crippen molar-refractivity contribution in [3.63, 3.8) is 0 Å². The first kappa shape index (κ1) is 17.3. The third-order valence-corrected chi connectivity index (χ3v) is 5.17. The molecule has 0 saturated heterocycles. The molecule has 1 aromatic rings. The van der Waals surface area contributed by atoms with Gasteiger partial charge in [0.25, 0.3) is 0 Å². The van der Waals surface area contributed by atoms with E-state index in [9.17, 15) is 4.79 Å². The summed E-state index contributed by atoms with van der Waals surface area (Å²) in [7, 11) is 0. The van der Waals surface area contributed by atoms with Gasteiger partial charge in [-0.1, -0.05) is 37.6 Å². The van der Waals surface area contributed by atoms with Crippen molar-refractivity contribution < 1.29 is 4.79 Å². The Hall–Kier alpha value is -1.06. The molecule has 3 nitrogen and oxygen atoms in total. The van der Waals surface area contributed by atoms with Crippen molar-refractivity contribution in [2.75, 3.05) is 0 Å². The van der Waals surface area contributed by atoms with Crippen molar-refractivity contribution in [2.24, 2.45) is 5.92 Å². The Labute approximate surface area is 139 Å². The van der Waals surface area contributed by atoms with E-state index in [1.807, 2.05) is 0 Å². The van der Waals surface area contributed by atoms with Gasteiger partial charge in [-0.15, -0.1) is 12.4 Å². The highest BCUT2D eigenvalue weighted by atomic mass is 35.5. The second-order valence-corrected chi connectivity index (χ2v) is 6.54. The maximum Gasteiger partial charge on any atom is 0.237 e. The Morgan fingerprint density at radius 3 is 2.55 bits per heavy atom. The van der Waals surface area contributed by atoms with Gasteiger partial charge in [-0.3, -0.25) is 4.79 Å². The third-order valence-electron chi connectivity index (χ3n) is 5.17. The van der Waals surface area contributed by atoms with Crippen LogP contribution in [0.4, 0.5) is 0 Å². The number of carbonyl (C=O) groups is 1. The van der Waals surface area contributed by atoms with Gasteiger partial charge < -0.3 is 10.6 Å². The zero-order chi connectivity index (χ0) is 14.7. The zero-order valence-corrected chi connectivity index (χ0v) is 14.1. The molecule has 0 radical (unpaired) electrons. The molecule has 1 heterocycles. The SMILES string of the molecule is CCC1CCC(NC(=O)C2Cc3ccccc3CN2)CC1.Cl. The molecule has 2 aliphatic rings. The highest BCUT2D eigenvalue weighted by Gasteiger charge is 2.27. The summed E-state index contributed by atoms with van der Waals surface area (Å²) in [5.74, 6) is 1.06. The van der Waals surface area contributed by atoms with E-state index in [-0.39, 0.29) is 24.4 Å². The number of halogens is 1. The van der Waals surface area contributed by atoms with E-state index in [4.69, 9.17) is 0 Å². The minimum atomic E-state index is -0.0659. The molecule has 1 saturated carbocycles. The van der Waals surface area contributed by atoms with Gasteiger partial charge in [-0.2, -0.15) is 0 Å². The number of hydrogen-bond donors (Lipinski definition) is 2. The van der Waals surface area contributed by atoms with E-state index < -0.39 is 0 Å². The molecular formula is C18H27ClN2O.